The highest BCUT2D eigenvalue weighted by atomic mass is 32.2. The van der Waals surface area contributed by atoms with Crippen LogP contribution < -0.4 is 4.74 Å². The number of Topliss-reactive ketones (excluding diaryl/α,β-unsaturated/α-hetero) is 1. The van der Waals surface area contributed by atoms with Gasteiger partial charge in [-0.2, -0.15) is 0 Å². The molecule has 2 rings (SSSR count). The van der Waals surface area contributed by atoms with E-state index in [0.717, 1.165) is 5.76 Å². The number of rotatable bonds is 6. The monoisotopic (exact) mass is 280 g/mol. The molecule has 0 N–H and O–H groups in total. The summed E-state index contributed by atoms with van der Waals surface area (Å²) in [6.07, 6.45) is 1.59. The van der Waals surface area contributed by atoms with Gasteiger partial charge in [0, 0.05) is 0 Å². The van der Waals surface area contributed by atoms with Crippen molar-refractivity contribution in [2.75, 3.05) is 12.9 Å². The van der Waals surface area contributed by atoms with Crippen LogP contribution in [0.3, 0.4) is 0 Å². The molecule has 0 amide bonds. The Morgan fingerprint density at radius 3 is 2.95 bits per heavy atom. The van der Waals surface area contributed by atoms with Crippen LogP contribution >= 0.6 is 11.8 Å². The third-order valence-corrected chi connectivity index (χ3v) is 3.47. The van der Waals surface area contributed by atoms with Gasteiger partial charge in [0.15, 0.2) is 5.78 Å². The maximum absolute atomic E-state index is 13.2. The number of furan rings is 1. The normalized spacial score (nSPS) is 10.4. The molecule has 1 aromatic heterocycles. The topological polar surface area (TPSA) is 39.4 Å². The minimum absolute atomic E-state index is 0.159. The summed E-state index contributed by atoms with van der Waals surface area (Å²) >= 11 is 1.42. The molecular weight excluding hydrogens is 267 g/mol. The van der Waals surface area contributed by atoms with Gasteiger partial charge in [0.2, 0.25) is 0 Å². The molecule has 0 fully saturated rings. The van der Waals surface area contributed by atoms with Crippen LogP contribution in [0.1, 0.15) is 16.1 Å². The average Bonchev–Trinajstić information content (AvgIpc) is 2.91. The average molecular weight is 280 g/mol. The summed E-state index contributed by atoms with van der Waals surface area (Å²) in [7, 11) is 1.46. The Labute approximate surface area is 114 Å². The van der Waals surface area contributed by atoms with Crippen molar-refractivity contribution in [1.82, 2.24) is 0 Å². The summed E-state index contributed by atoms with van der Waals surface area (Å²) < 4.78 is 23.4. The Morgan fingerprint density at radius 2 is 2.26 bits per heavy atom. The lowest BCUT2D eigenvalue weighted by molar-refractivity contribution is 0.101. The van der Waals surface area contributed by atoms with E-state index in [1.54, 1.807) is 12.3 Å². The van der Waals surface area contributed by atoms with Crippen LogP contribution in [0.15, 0.2) is 41.0 Å². The second-order valence-corrected chi connectivity index (χ2v) is 4.83. The molecule has 0 saturated carbocycles. The number of thioether (sulfide) groups is 1. The molecule has 0 atom stereocenters. The predicted octanol–water partition coefficient (Wildman–Crippen LogP) is 3.54. The second kappa shape index (κ2) is 6.43. The third kappa shape index (κ3) is 3.61. The van der Waals surface area contributed by atoms with E-state index in [9.17, 15) is 9.18 Å². The van der Waals surface area contributed by atoms with E-state index in [0.29, 0.717) is 11.5 Å². The van der Waals surface area contributed by atoms with Gasteiger partial charge in [-0.1, -0.05) is 0 Å². The van der Waals surface area contributed by atoms with Crippen LogP contribution in [-0.4, -0.2) is 18.6 Å². The zero-order chi connectivity index (χ0) is 13.7. The lowest BCUT2D eigenvalue weighted by atomic mass is 10.1. The van der Waals surface area contributed by atoms with Gasteiger partial charge in [-0.3, -0.25) is 4.79 Å². The Morgan fingerprint density at radius 1 is 1.42 bits per heavy atom. The predicted molar refractivity (Wildman–Crippen MR) is 72.2 cm³/mol. The number of carbonyl (C=O) groups is 1. The van der Waals surface area contributed by atoms with Crippen molar-refractivity contribution in [2.45, 2.75) is 5.75 Å². The number of ether oxygens (including phenoxy) is 1. The number of carbonyl (C=O) groups excluding carboxylic acids is 1. The number of ketones is 1. The van der Waals surface area contributed by atoms with Crippen LogP contribution in [0.5, 0.6) is 5.75 Å². The molecule has 2 aromatic rings. The first-order valence-electron chi connectivity index (χ1n) is 5.67. The van der Waals surface area contributed by atoms with Gasteiger partial charge in [-0.05, 0) is 30.3 Å². The van der Waals surface area contributed by atoms with E-state index in [-0.39, 0.29) is 17.1 Å². The van der Waals surface area contributed by atoms with Crippen LogP contribution in [-0.2, 0) is 5.75 Å². The molecule has 3 nitrogen and oxygen atoms in total. The molecule has 1 heterocycles. The molecular formula is C14H13FO3S. The highest BCUT2D eigenvalue weighted by Gasteiger charge is 2.13. The van der Waals surface area contributed by atoms with E-state index < -0.39 is 5.82 Å². The van der Waals surface area contributed by atoms with E-state index in [4.69, 9.17) is 9.15 Å². The Hall–Kier alpha value is -1.75. The summed E-state index contributed by atoms with van der Waals surface area (Å²) in [5, 5.41) is 0. The minimum atomic E-state index is -0.444. The van der Waals surface area contributed by atoms with Crippen LogP contribution in [0.25, 0.3) is 0 Å². The summed E-state index contributed by atoms with van der Waals surface area (Å²) in [6, 6.07) is 7.58. The molecule has 0 unspecified atom stereocenters. The zero-order valence-corrected chi connectivity index (χ0v) is 11.2. The molecule has 0 radical (unpaired) electrons. The standard InChI is InChI=1S/C14H13FO3S/c1-17-14-5-4-10(15)7-12(14)13(16)9-19-8-11-3-2-6-18-11/h2-7H,8-9H2,1H3. The summed E-state index contributed by atoms with van der Waals surface area (Å²) in [6.45, 7) is 0. The van der Waals surface area contributed by atoms with Crippen LogP contribution in [0.2, 0.25) is 0 Å². The summed E-state index contributed by atoms with van der Waals surface area (Å²) in [4.78, 5) is 12.0. The third-order valence-electron chi connectivity index (χ3n) is 2.52. The van der Waals surface area contributed by atoms with Crippen molar-refractivity contribution in [2.24, 2.45) is 0 Å². The number of methoxy groups -OCH3 is 1. The molecule has 1 aromatic carbocycles. The number of halogens is 1. The van der Waals surface area contributed by atoms with Crippen molar-refractivity contribution in [3.05, 3.63) is 53.7 Å². The molecule has 100 valence electrons. The van der Waals surface area contributed by atoms with Crippen molar-refractivity contribution < 1.29 is 18.3 Å². The fourth-order valence-electron chi connectivity index (χ4n) is 1.61. The fraction of sp³-hybridized carbons (Fsp3) is 0.214. The maximum atomic E-state index is 13.2. The van der Waals surface area contributed by atoms with Crippen molar-refractivity contribution >= 4 is 17.5 Å². The highest BCUT2D eigenvalue weighted by Crippen LogP contribution is 2.22. The van der Waals surface area contributed by atoms with E-state index in [1.165, 1.54) is 37.1 Å². The van der Waals surface area contributed by atoms with Crippen molar-refractivity contribution in [1.29, 1.82) is 0 Å². The Bertz CT molecular complexity index is 552. The van der Waals surface area contributed by atoms with Gasteiger partial charge < -0.3 is 9.15 Å². The van der Waals surface area contributed by atoms with Gasteiger partial charge in [-0.25, -0.2) is 4.39 Å². The van der Waals surface area contributed by atoms with E-state index in [2.05, 4.69) is 0 Å². The molecule has 0 spiro atoms. The van der Waals surface area contributed by atoms with Crippen molar-refractivity contribution in [3.63, 3.8) is 0 Å². The first-order valence-corrected chi connectivity index (χ1v) is 6.83. The second-order valence-electron chi connectivity index (χ2n) is 3.84. The largest absolute Gasteiger partial charge is 0.496 e. The maximum Gasteiger partial charge on any atom is 0.176 e. The summed E-state index contributed by atoms with van der Waals surface area (Å²) in [5.41, 5.74) is 0.273. The molecule has 0 saturated heterocycles. The van der Waals surface area contributed by atoms with Crippen LogP contribution in [0, 0.1) is 5.82 Å². The Kier molecular flexibility index (Phi) is 4.63. The number of hydrogen-bond donors (Lipinski definition) is 0. The molecule has 0 aliphatic rings. The number of benzene rings is 1. The van der Waals surface area contributed by atoms with Gasteiger partial charge in [0.1, 0.15) is 17.3 Å². The summed E-state index contributed by atoms with van der Waals surface area (Å²) in [5.74, 6) is 1.46. The van der Waals surface area contributed by atoms with E-state index in [1.807, 2.05) is 6.07 Å². The zero-order valence-electron chi connectivity index (χ0n) is 10.4. The van der Waals surface area contributed by atoms with Crippen molar-refractivity contribution in [3.8, 4) is 5.75 Å². The van der Waals surface area contributed by atoms with Crippen LogP contribution in [0.4, 0.5) is 4.39 Å². The van der Waals surface area contributed by atoms with E-state index >= 15 is 0 Å². The molecule has 0 bridgehead atoms. The molecule has 5 heteroatoms. The minimum Gasteiger partial charge on any atom is -0.496 e. The SMILES string of the molecule is COc1ccc(F)cc1C(=O)CSCc1ccco1. The lowest BCUT2D eigenvalue weighted by Gasteiger charge is -2.07. The smallest absolute Gasteiger partial charge is 0.176 e. The number of hydrogen-bond acceptors (Lipinski definition) is 4. The van der Waals surface area contributed by atoms with Gasteiger partial charge in [0.05, 0.1) is 30.4 Å². The lowest BCUT2D eigenvalue weighted by Crippen LogP contribution is -2.05. The molecule has 0 aliphatic carbocycles. The Balaban J connectivity index is 1.97. The highest BCUT2D eigenvalue weighted by molar-refractivity contribution is 7.99. The first-order chi connectivity index (χ1) is 9.20. The van der Waals surface area contributed by atoms with Gasteiger partial charge >= 0.3 is 0 Å². The fourth-order valence-corrected chi connectivity index (χ4v) is 2.42. The molecule has 0 aliphatic heterocycles. The quantitative estimate of drug-likeness (QED) is 0.759. The van der Waals surface area contributed by atoms with Gasteiger partial charge in [0.25, 0.3) is 0 Å². The van der Waals surface area contributed by atoms with Gasteiger partial charge in [-0.15, -0.1) is 11.8 Å². The first kappa shape index (κ1) is 13.7. The molecule has 19 heavy (non-hydrogen) atoms.